The molecule has 25 heavy (non-hydrogen) atoms. The van der Waals surface area contributed by atoms with E-state index in [1.54, 1.807) is 18.2 Å². The van der Waals surface area contributed by atoms with Crippen LogP contribution in [0.5, 0.6) is 0 Å². The summed E-state index contributed by atoms with van der Waals surface area (Å²) < 4.78 is 0. The van der Waals surface area contributed by atoms with Crippen LogP contribution in [0.1, 0.15) is 50.9 Å². The molecule has 1 aromatic carbocycles. The van der Waals surface area contributed by atoms with Crippen molar-refractivity contribution in [3.63, 3.8) is 0 Å². The Kier molecular flexibility index (Phi) is 6.30. The summed E-state index contributed by atoms with van der Waals surface area (Å²) in [5.74, 6) is -0.231. The van der Waals surface area contributed by atoms with Crippen molar-refractivity contribution in [2.75, 3.05) is 11.9 Å². The number of rotatable bonds is 3. The zero-order chi connectivity index (χ0) is 18.6. The third kappa shape index (κ3) is 5.90. The highest BCUT2D eigenvalue weighted by Gasteiger charge is 2.24. The van der Waals surface area contributed by atoms with E-state index in [1.807, 2.05) is 20.8 Å². The van der Waals surface area contributed by atoms with Crippen LogP contribution in [-0.4, -0.2) is 36.1 Å². The Bertz CT molecular complexity index is 642. The maximum atomic E-state index is 12.6. The van der Waals surface area contributed by atoms with Crippen molar-refractivity contribution in [2.24, 2.45) is 0 Å². The minimum Gasteiger partial charge on any atom is -0.348 e. The summed E-state index contributed by atoms with van der Waals surface area (Å²) in [6.45, 7) is 8.71. The van der Waals surface area contributed by atoms with Gasteiger partial charge >= 0.3 is 6.03 Å². The number of piperidine rings is 1. The van der Waals surface area contributed by atoms with Crippen molar-refractivity contribution in [2.45, 2.75) is 58.2 Å². The van der Waals surface area contributed by atoms with Gasteiger partial charge in [-0.05, 0) is 65.3 Å². The topological polar surface area (TPSA) is 82.3 Å². The van der Waals surface area contributed by atoms with E-state index in [0.717, 1.165) is 19.4 Å². The minimum atomic E-state index is -0.346. The summed E-state index contributed by atoms with van der Waals surface area (Å²) in [4.78, 5) is 24.6. The van der Waals surface area contributed by atoms with Crippen molar-refractivity contribution in [3.05, 3.63) is 28.8 Å². The first-order valence-corrected chi connectivity index (χ1v) is 8.96. The van der Waals surface area contributed by atoms with Crippen LogP contribution in [0.25, 0.3) is 0 Å². The van der Waals surface area contributed by atoms with Crippen molar-refractivity contribution < 1.29 is 9.59 Å². The number of amides is 3. The molecule has 1 fully saturated rings. The number of carbonyl (C=O) groups is 2. The SMILES string of the molecule is CC1NCCCC1NC(=O)c1cc(NC(=O)NC(C)(C)C)ccc1Cl. The zero-order valence-electron chi connectivity index (χ0n) is 15.2. The summed E-state index contributed by atoms with van der Waals surface area (Å²) in [7, 11) is 0. The normalized spacial score (nSPS) is 20.7. The van der Waals surface area contributed by atoms with E-state index in [-0.39, 0.29) is 29.6 Å². The van der Waals surface area contributed by atoms with Gasteiger partial charge in [-0.25, -0.2) is 4.79 Å². The maximum Gasteiger partial charge on any atom is 0.319 e. The molecule has 0 aliphatic carbocycles. The van der Waals surface area contributed by atoms with E-state index in [4.69, 9.17) is 11.6 Å². The van der Waals surface area contributed by atoms with Gasteiger partial charge < -0.3 is 21.3 Å². The molecular formula is C18H27ClN4O2. The lowest BCUT2D eigenvalue weighted by molar-refractivity contribution is 0.0920. The van der Waals surface area contributed by atoms with Gasteiger partial charge in [-0.3, -0.25) is 4.79 Å². The molecular weight excluding hydrogens is 340 g/mol. The average Bonchev–Trinajstić information content (AvgIpc) is 2.49. The quantitative estimate of drug-likeness (QED) is 0.663. The molecule has 7 heteroatoms. The lowest BCUT2D eigenvalue weighted by Crippen LogP contribution is -2.51. The second-order valence-corrected chi connectivity index (χ2v) is 7.90. The highest BCUT2D eigenvalue weighted by molar-refractivity contribution is 6.34. The predicted octanol–water partition coefficient (Wildman–Crippen LogP) is 3.13. The van der Waals surface area contributed by atoms with Crippen LogP contribution >= 0.6 is 11.6 Å². The van der Waals surface area contributed by atoms with Gasteiger partial charge in [-0.15, -0.1) is 0 Å². The van der Waals surface area contributed by atoms with Gasteiger partial charge in [0, 0.05) is 23.3 Å². The molecule has 0 radical (unpaired) electrons. The number of carbonyl (C=O) groups excluding carboxylic acids is 2. The summed E-state index contributed by atoms with van der Waals surface area (Å²) in [6, 6.07) is 4.85. The highest BCUT2D eigenvalue weighted by Crippen LogP contribution is 2.21. The Morgan fingerprint density at radius 2 is 2.00 bits per heavy atom. The first-order valence-electron chi connectivity index (χ1n) is 8.59. The standard InChI is InChI=1S/C18H27ClN4O2/c1-11-15(6-5-9-20-11)22-16(24)13-10-12(7-8-14(13)19)21-17(25)23-18(2,3)4/h7-8,10-11,15,20H,5-6,9H2,1-4H3,(H,22,24)(H2,21,23,25). The minimum absolute atomic E-state index is 0.0677. The second kappa shape index (κ2) is 8.06. The molecule has 2 atom stereocenters. The average molecular weight is 367 g/mol. The monoisotopic (exact) mass is 366 g/mol. The van der Waals surface area contributed by atoms with Crippen LogP contribution in [0.15, 0.2) is 18.2 Å². The number of hydrogen-bond donors (Lipinski definition) is 4. The number of benzene rings is 1. The summed E-state index contributed by atoms with van der Waals surface area (Å²) in [5, 5.41) is 12.3. The Morgan fingerprint density at radius 1 is 1.28 bits per heavy atom. The summed E-state index contributed by atoms with van der Waals surface area (Å²) in [6.07, 6.45) is 1.96. The summed E-state index contributed by atoms with van der Waals surface area (Å²) >= 11 is 6.18. The van der Waals surface area contributed by atoms with Crippen molar-refractivity contribution >= 4 is 29.2 Å². The Hall–Kier alpha value is -1.79. The summed E-state index contributed by atoms with van der Waals surface area (Å²) in [5.41, 5.74) is 0.528. The van der Waals surface area contributed by atoms with Gasteiger partial charge in [0.15, 0.2) is 0 Å². The molecule has 3 amide bonds. The molecule has 2 unspecified atom stereocenters. The van der Waals surface area contributed by atoms with E-state index < -0.39 is 0 Å². The van der Waals surface area contributed by atoms with Crippen molar-refractivity contribution in [3.8, 4) is 0 Å². The van der Waals surface area contributed by atoms with Crippen LogP contribution < -0.4 is 21.3 Å². The van der Waals surface area contributed by atoms with Crippen LogP contribution in [0.2, 0.25) is 5.02 Å². The first-order chi connectivity index (χ1) is 11.7. The third-order valence-corrected chi connectivity index (χ3v) is 4.37. The van der Waals surface area contributed by atoms with Crippen LogP contribution in [-0.2, 0) is 0 Å². The van der Waals surface area contributed by atoms with Gasteiger partial charge in [0.2, 0.25) is 0 Å². The Labute approximate surface area is 154 Å². The highest BCUT2D eigenvalue weighted by atomic mass is 35.5. The fraction of sp³-hybridized carbons (Fsp3) is 0.556. The van der Waals surface area contributed by atoms with Gasteiger partial charge in [-0.1, -0.05) is 11.6 Å². The molecule has 138 valence electrons. The number of hydrogen-bond acceptors (Lipinski definition) is 3. The number of anilines is 1. The van der Waals surface area contributed by atoms with Crippen LogP contribution in [0.3, 0.4) is 0 Å². The molecule has 6 nitrogen and oxygen atoms in total. The predicted molar refractivity (Wildman–Crippen MR) is 101 cm³/mol. The molecule has 0 spiro atoms. The van der Waals surface area contributed by atoms with E-state index in [2.05, 4.69) is 28.2 Å². The smallest absolute Gasteiger partial charge is 0.319 e. The Balaban J connectivity index is 2.07. The lowest BCUT2D eigenvalue weighted by Gasteiger charge is -2.30. The maximum absolute atomic E-state index is 12.6. The number of halogens is 1. The van der Waals surface area contributed by atoms with Crippen LogP contribution in [0.4, 0.5) is 10.5 Å². The van der Waals surface area contributed by atoms with E-state index in [9.17, 15) is 9.59 Å². The number of urea groups is 1. The van der Waals surface area contributed by atoms with E-state index >= 15 is 0 Å². The van der Waals surface area contributed by atoms with Gasteiger partial charge in [0.05, 0.1) is 10.6 Å². The molecule has 2 rings (SSSR count). The lowest BCUT2D eigenvalue weighted by atomic mass is 9.99. The molecule has 0 saturated carbocycles. The molecule has 4 N–H and O–H groups in total. The largest absolute Gasteiger partial charge is 0.348 e. The van der Waals surface area contributed by atoms with Crippen molar-refractivity contribution in [1.29, 1.82) is 0 Å². The molecule has 1 heterocycles. The number of nitrogens with one attached hydrogen (secondary N) is 4. The van der Waals surface area contributed by atoms with Gasteiger partial charge in [0.1, 0.15) is 0 Å². The molecule has 1 saturated heterocycles. The molecule has 0 aromatic heterocycles. The molecule has 1 aliphatic heterocycles. The fourth-order valence-electron chi connectivity index (χ4n) is 2.77. The fourth-order valence-corrected chi connectivity index (χ4v) is 2.97. The van der Waals surface area contributed by atoms with Gasteiger partial charge in [-0.2, -0.15) is 0 Å². The third-order valence-electron chi connectivity index (χ3n) is 4.04. The van der Waals surface area contributed by atoms with E-state index in [0.29, 0.717) is 16.3 Å². The molecule has 1 aromatic rings. The molecule has 1 aliphatic rings. The van der Waals surface area contributed by atoms with Crippen molar-refractivity contribution in [1.82, 2.24) is 16.0 Å². The van der Waals surface area contributed by atoms with Gasteiger partial charge in [0.25, 0.3) is 5.91 Å². The van der Waals surface area contributed by atoms with E-state index in [1.165, 1.54) is 0 Å². The zero-order valence-corrected chi connectivity index (χ0v) is 16.0. The second-order valence-electron chi connectivity index (χ2n) is 7.49. The van der Waals surface area contributed by atoms with Crippen LogP contribution in [0, 0.1) is 0 Å². The molecule has 0 bridgehead atoms. The first kappa shape index (κ1) is 19.5. The Morgan fingerprint density at radius 3 is 2.64 bits per heavy atom.